The van der Waals surface area contributed by atoms with Crippen LogP contribution >= 0.6 is 0 Å². The van der Waals surface area contributed by atoms with Gasteiger partial charge < -0.3 is 0 Å². The smallest absolute Gasteiger partial charge is 0.206 e. The molecule has 1 aromatic heterocycles. The highest BCUT2D eigenvalue weighted by atomic mass is 19.1. The SMILES string of the molecule is CCc1c2c(F)c(C)c(F)c(C)c2c(C)n[n+]1C. The van der Waals surface area contributed by atoms with Crippen molar-refractivity contribution in [3.63, 3.8) is 0 Å². The van der Waals surface area contributed by atoms with Crippen molar-refractivity contribution < 1.29 is 13.5 Å². The normalized spacial score (nSPS) is 11.3. The number of nitrogens with zero attached hydrogens (tertiary/aromatic N) is 2. The molecule has 0 aliphatic carbocycles. The molecule has 2 aromatic rings. The van der Waals surface area contributed by atoms with Gasteiger partial charge in [0.25, 0.3) is 0 Å². The number of fused-ring (bicyclic) bond motifs is 1. The molecular formula is C14H17F2N2+. The van der Waals surface area contributed by atoms with Gasteiger partial charge in [-0.15, -0.1) is 0 Å². The first kappa shape index (κ1) is 12.9. The molecule has 96 valence electrons. The molecule has 1 heterocycles. The van der Waals surface area contributed by atoms with E-state index in [0.717, 1.165) is 5.69 Å². The van der Waals surface area contributed by atoms with Crippen LogP contribution in [0.25, 0.3) is 10.8 Å². The molecule has 0 spiro atoms. The Morgan fingerprint density at radius 3 is 2.17 bits per heavy atom. The quantitative estimate of drug-likeness (QED) is 0.712. The Balaban J connectivity index is 3.14. The summed E-state index contributed by atoms with van der Waals surface area (Å²) in [7, 11) is 1.79. The fourth-order valence-electron chi connectivity index (χ4n) is 2.60. The maximum Gasteiger partial charge on any atom is 0.218 e. The van der Waals surface area contributed by atoms with E-state index in [2.05, 4.69) is 5.10 Å². The molecule has 1 aromatic carbocycles. The zero-order valence-corrected chi connectivity index (χ0v) is 11.4. The van der Waals surface area contributed by atoms with Gasteiger partial charge in [0.05, 0.1) is 5.39 Å². The lowest BCUT2D eigenvalue weighted by atomic mass is 9.98. The number of rotatable bonds is 1. The molecule has 18 heavy (non-hydrogen) atoms. The summed E-state index contributed by atoms with van der Waals surface area (Å²) >= 11 is 0. The van der Waals surface area contributed by atoms with Crippen LogP contribution in [0.15, 0.2) is 0 Å². The zero-order chi connectivity index (χ0) is 13.6. The van der Waals surface area contributed by atoms with Crippen molar-refractivity contribution in [1.29, 1.82) is 0 Å². The van der Waals surface area contributed by atoms with Crippen LogP contribution in [0, 0.1) is 32.4 Å². The van der Waals surface area contributed by atoms with Gasteiger partial charge in [0.15, 0.2) is 7.05 Å². The number of halogens is 2. The molecule has 0 radical (unpaired) electrons. The van der Waals surface area contributed by atoms with Crippen LogP contribution in [0.1, 0.15) is 29.4 Å². The molecule has 0 saturated heterocycles. The molecule has 0 aliphatic rings. The number of aromatic nitrogens is 2. The van der Waals surface area contributed by atoms with Gasteiger partial charge >= 0.3 is 0 Å². The standard InChI is InChI=1S/C14H17F2N2/c1-6-10-12-11(9(4)17-18(10)5)7(2)13(15)8(3)14(12)16/h6H2,1-5H3/q+1. The number of aryl methyl sites for hydroxylation is 4. The number of hydrogen-bond donors (Lipinski definition) is 0. The van der Waals surface area contributed by atoms with Crippen LogP contribution in [-0.4, -0.2) is 5.10 Å². The van der Waals surface area contributed by atoms with Gasteiger partial charge in [-0.2, -0.15) is 0 Å². The summed E-state index contributed by atoms with van der Waals surface area (Å²) in [6, 6.07) is 0. The Morgan fingerprint density at radius 1 is 1.00 bits per heavy atom. The predicted octanol–water partition coefficient (Wildman–Crippen LogP) is 2.83. The van der Waals surface area contributed by atoms with E-state index in [1.165, 1.54) is 6.92 Å². The van der Waals surface area contributed by atoms with E-state index in [1.54, 1.807) is 25.6 Å². The summed E-state index contributed by atoms with van der Waals surface area (Å²) in [4.78, 5) is 0. The second-order valence-electron chi connectivity index (χ2n) is 4.64. The number of hydrogen-bond acceptors (Lipinski definition) is 1. The van der Waals surface area contributed by atoms with E-state index in [-0.39, 0.29) is 5.56 Å². The molecule has 0 aliphatic heterocycles. The van der Waals surface area contributed by atoms with Crippen molar-refractivity contribution in [3.8, 4) is 0 Å². The van der Waals surface area contributed by atoms with Crippen molar-refractivity contribution in [3.05, 3.63) is 34.1 Å². The third-order valence-corrected chi connectivity index (χ3v) is 3.51. The largest absolute Gasteiger partial charge is 0.218 e. The minimum absolute atomic E-state index is 0.0836. The molecule has 0 bridgehead atoms. The third-order valence-electron chi connectivity index (χ3n) is 3.51. The van der Waals surface area contributed by atoms with Crippen molar-refractivity contribution in [2.24, 2.45) is 7.05 Å². The van der Waals surface area contributed by atoms with Crippen LogP contribution in [0.4, 0.5) is 8.78 Å². The highest BCUT2D eigenvalue weighted by Gasteiger charge is 2.24. The van der Waals surface area contributed by atoms with Crippen LogP contribution in [-0.2, 0) is 13.5 Å². The summed E-state index contributed by atoms with van der Waals surface area (Å²) in [6.07, 6.45) is 0.654. The van der Waals surface area contributed by atoms with Crippen molar-refractivity contribution in [2.75, 3.05) is 0 Å². The number of benzene rings is 1. The highest BCUT2D eigenvalue weighted by Crippen LogP contribution is 2.30. The molecule has 2 rings (SSSR count). The molecule has 0 atom stereocenters. The summed E-state index contributed by atoms with van der Waals surface area (Å²) in [5, 5.41) is 5.43. The van der Waals surface area contributed by atoms with E-state index < -0.39 is 11.6 Å². The summed E-state index contributed by atoms with van der Waals surface area (Å²) in [6.45, 7) is 6.88. The topological polar surface area (TPSA) is 16.8 Å². The van der Waals surface area contributed by atoms with Gasteiger partial charge in [0, 0.05) is 17.4 Å². The minimum Gasteiger partial charge on any atom is -0.206 e. The molecular weight excluding hydrogens is 234 g/mol. The van der Waals surface area contributed by atoms with Crippen molar-refractivity contribution >= 4 is 10.8 Å². The van der Waals surface area contributed by atoms with Crippen molar-refractivity contribution in [2.45, 2.75) is 34.1 Å². The second kappa shape index (κ2) is 4.26. The molecule has 0 amide bonds. The van der Waals surface area contributed by atoms with Gasteiger partial charge in [0.1, 0.15) is 17.3 Å². The first-order valence-corrected chi connectivity index (χ1v) is 6.03. The zero-order valence-electron chi connectivity index (χ0n) is 11.4. The lowest BCUT2D eigenvalue weighted by Crippen LogP contribution is -2.39. The third kappa shape index (κ3) is 1.59. The van der Waals surface area contributed by atoms with E-state index in [1.807, 2.05) is 6.92 Å². The van der Waals surface area contributed by atoms with E-state index in [9.17, 15) is 8.78 Å². The van der Waals surface area contributed by atoms with Crippen LogP contribution in [0.3, 0.4) is 0 Å². The van der Waals surface area contributed by atoms with Crippen LogP contribution in [0.2, 0.25) is 0 Å². The Bertz CT molecular complexity index is 649. The van der Waals surface area contributed by atoms with Crippen LogP contribution in [0.5, 0.6) is 0 Å². The van der Waals surface area contributed by atoms with Crippen molar-refractivity contribution in [1.82, 2.24) is 5.10 Å². The highest BCUT2D eigenvalue weighted by molar-refractivity contribution is 5.90. The van der Waals surface area contributed by atoms with E-state index in [0.29, 0.717) is 28.5 Å². The van der Waals surface area contributed by atoms with Gasteiger partial charge in [-0.25, -0.2) is 8.78 Å². The Hall–Kier alpha value is -1.58. The lowest BCUT2D eigenvalue weighted by molar-refractivity contribution is -0.736. The molecule has 0 N–H and O–H groups in total. The molecule has 0 fully saturated rings. The fourth-order valence-corrected chi connectivity index (χ4v) is 2.60. The van der Waals surface area contributed by atoms with E-state index >= 15 is 0 Å². The predicted molar refractivity (Wildman–Crippen MR) is 66.4 cm³/mol. The Morgan fingerprint density at radius 2 is 1.61 bits per heavy atom. The fraction of sp³-hybridized carbons (Fsp3) is 0.429. The molecule has 2 nitrogen and oxygen atoms in total. The maximum absolute atomic E-state index is 14.4. The maximum atomic E-state index is 14.4. The van der Waals surface area contributed by atoms with Gasteiger partial charge in [0.2, 0.25) is 5.69 Å². The summed E-state index contributed by atoms with van der Waals surface area (Å²) in [5.74, 6) is -0.938. The average Bonchev–Trinajstić information content (AvgIpc) is 2.33. The Kier molecular flexibility index (Phi) is 3.05. The average molecular weight is 251 g/mol. The Labute approximate surface area is 105 Å². The van der Waals surface area contributed by atoms with Crippen LogP contribution < -0.4 is 4.68 Å². The lowest BCUT2D eigenvalue weighted by Gasteiger charge is -2.11. The summed E-state index contributed by atoms with van der Waals surface area (Å²) in [5.41, 5.74) is 2.00. The molecule has 0 saturated carbocycles. The monoisotopic (exact) mass is 251 g/mol. The first-order chi connectivity index (χ1) is 8.40. The van der Waals surface area contributed by atoms with Gasteiger partial charge in [-0.3, -0.25) is 0 Å². The minimum atomic E-state index is -0.471. The van der Waals surface area contributed by atoms with E-state index in [4.69, 9.17) is 0 Å². The second-order valence-corrected chi connectivity index (χ2v) is 4.64. The first-order valence-electron chi connectivity index (χ1n) is 6.03. The van der Waals surface area contributed by atoms with Gasteiger partial charge in [-0.05, 0) is 31.4 Å². The molecule has 4 heteroatoms. The van der Waals surface area contributed by atoms with Gasteiger partial charge in [-0.1, -0.05) is 11.6 Å². The summed E-state index contributed by atoms with van der Waals surface area (Å²) < 4.78 is 30.0. The molecule has 0 unspecified atom stereocenters.